The zero-order valence-electron chi connectivity index (χ0n) is 17.6. The smallest absolute Gasteiger partial charge is 0.262 e. The highest BCUT2D eigenvalue weighted by atomic mass is 32.1. The number of benzene rings is 1. The molecule has 3 aromatic rings. The lowest BCUT2D eigenvalue weighted by Crippen LogP contribution is -2.31. The highest BCUT2D eigenvalue weighted by molar-refractivity contribution is 7.18. The van der Waals surface area contributed by atoms with E-state index in [2.05, 4.69) is 43.0 Å². The predicted octanol–water partition coefficient (Wildman–Crippen LogP) is 4.81. The number of hydrogen-bond acceptors (Lipinski definition) is 4. The molecule has 0 N–H and O–H groups in total. The molecule has 1 aliphatic rings. The average Bonchev–Trinajstić information content (AvgIpc) is 3.13. The van der Waals surface area contributed by atoms with Crippen LogP contribution in [0.25, 0.3) is 10.2 Å². The number of fused-ring (bicyclic) bond motifs is 3. The molecule has 2 heterocycles. The van der Waals surface area contributed by atoms with Crippen molar-refractivity contribution in [1.29, 1.82) is 0 Å². The van der Waals surface area contributed by atoms with Gasteiger partial charge in [0.25, 0.3) is 5.56 Å². The van der Waals surface area contributed by atoms with Crippen LogP contribution in [0.1, 0.15) is 54.9 Å². The van der Waals surface area contributed by atoms with Crippen molar-refractivity contribution in [2.45, 2.75) is 65.5 Å². The minimum Gasteiger partial charge on any atom is -0.297 e. The largest absolute Gasteiger partial charge is 0.297 e. The summed E-state index contributed by atoms with van der Waals surface area (Å²) in [5.74, 6) is 0.929. The van der Waals surface area contributed by atoms with Gasteiger partial charge in [-0.3, -0.25) is 14.3 Å². The summed E-state index contributed by atoms with van der Waals surface area (Å²) in [6, 6.07) is 10.5. The predicted molar refractivity (Wildman–Crippen MR) is 122 cm³/mol. The van der Waals surface area contributed by atoms with Crippen molar-refractivity contribution < 1.29 is 0 Å². The minimum absolute atomic E-state index is 0.185. The van der Waals surface area contributed by atoms with Crippen LogP contribution in [0.4, 0.5) is 0 Å². The van der Waals surface area contributed by atoms with Crippen LogP contribution < -0.4 is 5.56 Å². The summed E-state index contributed by atoms with van der Waals surface area (Å²) in [6.45, 7) is 7.75. The van der Waals surface area contributed by atoms with Gasteiger partial charge < -0.3 is 0 Å². The van der Waals surface area contributed by atoms with Crippen LogP contribution in [0.5, 0.6) is 0 Å². The highest BCUT2D eigenvalue weighted by Crippen LogP contribution is 2.33. The third-order valence-corrected chi connectivity index (χ3v) is 7.29. The van der Waals surface area contributed by atoms with Crippen molar-refractivity contribution in [3.05, 3.63) is 62.5 Å². The molecule has 0 aliphatic heterocycles. The van der Waals surface area contributed by atoms with Gasteiger partial charge in [0, 0.05) is 11.4 Å². The normalized spacial score (nSPS) is 13.9. The Hall–Kier alpha value is -1.98. The first-order valence-corrected chi connectivity index (χ1v) is 11.8. The second-order valence-corrected chi connectivity index (χ2v) is 9.01. The molecule has 2 aromatic heterocycles. The molecule has 4 nitrogen and oxygen atoms in total. The van der Waals surface area contributed by atoms with Crippen LogP contribution in [0.3, 0.4) is 0 Å². The van der Waals surface area contributed by atoms with Gasteiger partial charge in [-0.05, 0) is 62.7 Å². The van der Waals surface area contributed by atoms with Crippen molar-refractivity contribution in [2.24, 2.45) is 0 Å². The van der Waals surface area contributed by atoms with E-state index in [9.17, 15) is 4.79 Å². The molecule has 1 aliphatic carbocycles. The molecule has 0 unspecified atom stereocenters. The quantitative estimate of drug-likeness (QED) is 0.536. The van der Waals surface area contributed by atoms with Gasteiger partial charge in [0.05, 0.1) is 11.9 Å². The summed E-state index contributed by atoms with van der Waals surface area (Å²) in [5.41, 5.74) is 2.80. The summed E-state index contributed by atoms with van der Waals surface area (Å²) in [5, 5.41) is 0.910. The summed E-state index contributed by atoms with van der Waals surface area (Å²) < 4.78 is 1.98. The molecule has 0 saturated carbocycles. The molecule has 154 valence electrons. The SMILES string of the molecule is CCN(CC)Cc1nc2sc3c(c2c(=O)n1CCCc1ccccc1)CCCC3. The topological polar surface area (TPSA) is 38.1 Å². The fourth-order valence-corrected chi connectivity index (χ4v) is 5.64. The number of rotatable bonds is 8. The van der Waals surface area contributed by atoms with E-state index in [1.807, 2.05) is 10.6 Å². The third-order valence-electron chi connectivity index (χ3n) is 6.10. The maximum absolute atomic E-state index is 13.6. The van der Waals surface area contributed by atoms with Crippen LogP contribution in [0, 0.1) is 0 Å². The highest BCUT2D eigenvalue weighted by Gasteiger charge is 2.22. The van der Waals surface area contributed by atoms with E-state index >= 15 is 0 Å². The summed E-state index contributed by atoms with van der Waals surface area (Å²) in [7, 11) is 0. The van der Waals surface area contributed by atoms with Crippen LogP contribution in [0.15, 0.2) is 35.1 Å². The fourth-order valence-electron chi connectivity index (χ4n) is 4.37. The van der Waals surface area contributed by atoms with Crippen LogP contribution in [0.2, 0.25) is 0 Å². The van der Waals surface area contributed by atoms with Crippen molar-refractivity contribution in [1.82, 2.24) is 14.5 Å². The van der Waals surface area contributed by atoms with E-state index in [0.717, 1.165) is 67.9 Å². The van der Waals surface area contributed by atoms with Gasteiger partial charge in [-0.2, -0.15) is 0 Å². The van der Waals surface area contributed by atoms with E-state index in [0.29, 0.717) is 0 Å². The monoisotopic (exact) mass is 409 g/mol. The standard InChI is InChI=1S/C24H31N3OS/c1-3-26(4-2)17-21-25-23-22(19-14-8-9-15-20(19)29-23)24(28)27(21)16-10-13-18-11-6-5-7-12-18/h5-7,11-12H,3-4,8-10,13-17H2,1-2H3. The molecule has 1 aromatic carbocycles. The average molecular weight is 410 g/mol. The Morgan fingerprint density at radius 2 is 1.86 bits per heavy atom. The van der Waals surface area contributed by atoms with Gasteiger partial charge in [-0.15, -0.1) is 11.3 Å². The van der Waals surface area contributed by atoms with E-state index in [1.54, 1.807) is 11.3 Å². The molecular weight excluding hydrogens is 378 g/mol. The molecule has 0 fully saturated rings. The molecule has 0 saturated heterocycles. The minimum atomic E-state index is 0.185. The molecule has 0 spiro atoms. The summed E-state index contributed by atoms with van der Waals surface area (Å²) in [4.78, 5) is 23.3. The van der Waals surface area contributed by atoms with E-state index in [1.165, 1.54) is 28.8 Å². The number of thiophene rings is 1. The lowest BCUT2D eigenvalue weighted by Gasteiger charge is -2.20. The first kappa shape index (κ1) is 20.3. The van der Waals surface area contributed by atoms with Gasteiger partial charge in [0.1, 0.15) is 10.7 Å². The van der Waals surface area contributed by atoms with Crippen molar-refractivity contribution >= 4 is 21.6 Å². The maximum Gasteiger partial charge on any atom is 0.262 e. The number of aryl methyl sites for hydroxylation is 3. The number of aromatic nitrogens is 2. The Bertz CT molecular complexity index is 1020. The molecule has 5 heteroatoms. The second-order valence-electron chi connectivity index (χ2n) is 7.93. The zero-order chi connectivity index (χ0) is 20.2. The Morgan fingerprint density at radius 1 is 1.10 bits per heavy atom. The van der Waals surface area contributed by atoms with Crippen LogP contribution >= 0.6 is 11.3 Å². The molecule has 0 atom stereocenters. The third kappa shape index (κ3) is 4.31. The maximum atomic E-state index is 13.6. The van der Waals surface area contributed by atoms with Crippen LogP contribution in [-0.2, 0) is 32.4 Å². The van der Waals surface area contributed by atoms with Crippen molar-refractivity contribution in [3.8, 4) is 0 Å². The van der Waals surface area contributed by atoms with Gasteiger partial charge in [-0.1, -0.05) is 44.2 Å². The Morgan fingerprint density at radius 3 is 2.62 bits per heavy atom. The lowest BCUT2D eigenvalue weighted by atomic mass is 9.97. The molecule has 0 bridgehead atoms. The Kier molecular flexibility index (Phi) is 6.46. The number of nitrogens with zero attached hydrogens (tertiary/aromatic N) is 3. The molecule has 4 rings (SSSR count). The van der Waals surface area contributed by atoms with Gasteiger partial charge in [0.15, 0.2) is 0 Å². The van der Waals surface area contributed by atoms with Gasteiger partial charge >= 0.3 is 0 Å². The fraction of sp³-hybridized carbons (Fsp3) is 0.500. The zero-order valence-corrected chi connectivity index (χ0v) is 18.4. The lowest BCUT2D eigenvalue weighted by molar-refractivity contribution is 0.281. The Balaban J connectivity index is 1.70. The first-order chi connectivity index (χ1) is 14.2. The first-order valence-electron chi connectivity index (χ1n) is 11.0. The number of hydrogen-bond donors (Lipinski definition) is 0. The van der Waals surface area contributed by atoms with Gasteiger partial charge in [0.2, 0.25) is 0 Å². The molecule has 29 heavy (non-hydrogen) atoms. The summed E-state index contributed by atoms with van der Waals surface area (Å²) >= 11 is 1.76. The Labute approximate surface area is 177 Å². The van der Waals surface area contributed by atoms with Crippen LogP contribution in [-0.4, -0.2) is 27.5 Å². The van der Waals surface area contributed by atoms with E-state index < -0.39 is 0 Å². The molecular formula is C24H31N3OS. The second kappa shape index (κ2) is 9.23. The molecule has 0 radical (unpaired) electrons. The van der Waals surface area contributed by atoms with Gasteiger partial charge in [-0.25, -0.2) is 4.98 Å². The summed E-state index contributed by atoms with van der Waals surface area (Å²) in [6.07, 6.45) is 6.50. The van der Waals surface area contributed by atoms with E-state index in [4.69, 9.17) is 4.98 Å². The molecule has 0 amide bonds. The van der Waals surface area contributed by atoms with E-state index in [-0.39, 0.29) is 5.56 Å². The van der Waals surface area contributed by atoms with Crippen molar-refractivity contribution in [2.75, 3.05) is 13.1 Å². The van der Waals surface area contributed by atoms with Crippen molar-refractivity contribution in [3.63, 3.8) is 0 Å².